The van der Waals surface area contributed by atoms with Gasteiger partial charge in [0.15, 0.2) is 11.5 Å². The monoisotopic (exact) mass is 509 g/mol. The Hall–Kier alpha value is -3.63. The summed E-state index contributed by atoms with van der Waals surface area (Å²) in [6.07, 6.45) is 0. The molecule has 3 aromatic rings. The van der Waals surface area contributed by atoms with Crippen molar-refractivity contribution in [1.29, 1.82) is 0 Å². The highest BCUT2D eigenvalue weighted by molar-refractivity contribution is 7.93. The van der Waals surface area contributed by atoms with E-state index in [1.165, 1.54) is 24.3 Å². The van der Waals surface area contributed by atoms with Gasteiger partial charge in [0, 0.05) is 43.9 Å². The third kappa shape index (κ3) is 3.96. The van der Waals surface area contributed by atoms with E-state index >= 15 is 0 Å². The highest BCUT2D eigenvalue weighted by Crippen LogP contribution is 2.43. The number of benzene rings is 3. The number of hydrogen-bond donors (Lipinski definition) is 0. The van der Waals surface area contributed by atoms with Gasteiger partial charge in [-0.2, -0.15) is 0 Å². The smallest absolute Gasteiger partial charge is 0.265 e. The van der Waals surface area contributed by atoms with Gasteiger partial charge in [-0.1, -0.05) is 24.3 Å². The summed E-state index contributed by atoms with van der Waals surface area (Å²) in [5.74, 6) is 0.739. The van der Waals surface area contributed by atoms with Crippen LogP contribution in [0.1, 0.15) is 5.56 Å². The van der Waals surface area contributed by atoms with Crippen LogP contribution in [0.4, 0.5) is 10.1 Å². The van der Waals surface area contributed by atoms with Gasteiger partial charge in [-0.3, -0.25) is 14.0 Å². The fourth-order valence-corrected chi connectivity index (χ4v) is 6.59. The van der Waals surface area contributed by atoms with Crippen molar-refractivity contribution in [2.75, 3.05) is 43.8 Å². The van der Waals surface area contributed by atoms with E-state index < -0.39 is 15.8 Å². The van der Waals surface area contributed by atoms with Crippen molar-refractivity contribution in [2.24, 2.45) is 0 Å². The molecule has 0 spiro atoms. The average molecular weight is 510 g/mol. The Morgan fingerprint density at radius 2 is 1.67 bits per heavy atom. The van der Waals surface area contributed by atoms with E-state index in [1.807, 2.05) is 18.2 Å². The summed E-state index contributed by atoms with van der Waals surface area (Å²) in [7, 11) is -3.97. The highest BCUT2D eigenvalue weighted by Gasteiger charge is 2.37. The molecule has 0 radical (unpaired) electrons. The van der Waals surface area contributed by atoms with Gasteiger partial charge >= 0.3 is 0 Å². The van der Waals surface area contributed by atoms with E-state index in [0.29, 0.717) is 43.0 Å². The predicted octanol–water partition coefficient (Wildman–Crippen LogP) is 3.07. The summed E-state index contributed by atoms with van der Waals surface area (Å²) in [6, 6.07) is 16.3. The molecule has 0 N–H and O–H groups in total. The molecule has 3 aliphatic rings. The Morgan fingerprint density at radius 1 is 0.889 bits per heavy atom. The van der Waals surface area contributed by atoms with Crippen molar-refractivity contribution in [3.63, 3.8) is 0 Å². The Bertz CT molecular complexity index is 1450. The van der Waals surface area contributed by atoms with Crippen LogP contribution in [0.2, 0.25) is 0 Å². The predicted molar refractivity (Wildman–Crippen MR) is 131 cm³/mol. The average Bonchev–Trinajstić information content (AvgIpc) is 3.35. The van der Waals surface area contributed by atoms with Gasteiger partial charge in [0.05, 0.1) is 10.6 Å². The molecular weight excluding hydrogens is 485 g/mol. The molecule has 3 aromatic carbocycles. The molecule has 0 saturated carbocycles. The second-order valence-corrected chi connectivity index (χ2v) is 10.8. The summed E-state index contributed by atoms with van der Waals surface area (Å²) in [6.45, 7) is 2.92. The SMILES string of the molecule is O=C(CN1c2ccc(F)cc2-c2ccccc2S1(=O)=O)N1CCN(Cc2ccc3c(c2)OCO3)CC1. The van der Waals surface area contributed by atoms with Crippen LogP contribution in [-0.2, 0) is 21.4 Å². The number of carbonyl (C=O) groups excluding carboxylic acids is 1. The maximum atomic E-state index is 14.1. The molecule has 8 nitrogen and oxygen atoms in total. The maximum absolute atomic E-state index is 14.1. The van der Waals surface area contributed by atoms with Crippen LogP contribution in [0.15, 0.2) is 65.6 Å². The Balaban J connectivity index is 1.16. The molecule has 3 aliphatic heterocycles. The lowest BCUT2D eigenvalue weighted by Gasteiger charge is -2.37. The minimum atomic E-state index is -3.97. The first kappa shape index (κ1) is 22.8. The van der Waals surface area contributed by atoms with Crippen molar-refractivity contribution in [2.45, 2.75) is 11.4 Å². The van der Waals surface area contributed by atoms with Crippen molar-refractivity contribution < 1.29 is 27.1 Å². The zero-order valence-electron chi connectivity index (χ0n) is 19.4. The van der Waals surface area contributed by atoms with Crippen LogP contribution >= 0.6 is 0 Å². The maximum Gasteiger partial charge on any atom is 0.265 e. The first-order valence-electron chi connectivity index (χ1n) is 11.7. The number of amides is 1. The largest absolute Gasteiger partial charge is 0.454 e. The zero-order chi connectivity index (χ0) is 24.9. The van der Waals surface area contributed by atoms with Gasteiger partial charge in [0.2, 0.25) is 12.7 Å². The first-order chi connectivity index (χ1) is 17.4. The zero-order valence-corrected chi connectivity index (χ0v) is 20.2. The summed E-state index contributed by atoms with van der Waals surface area (Å²) in [4.78, 5) is 17.2. The van der Waals surface area contributed by atoms with E-state index in [9.17, 15) is 17.6 Å². The summed E-state index contributed by atoms with van der Waals surface area (Å²) >= 11 is 0. The lowest BCUT2D eigenvalue weighted by atomic mass is 10.0. The van der Waals surface area contributed by atoms with Crippen LogP contribution in [0.3, 0.4) is 0 Å². The number of fused-ring (bicyclic) bond motifs is 4. The van der Waals surface area contributed by atoms with E-state index in [2.05, 4.69) is 4.90 Å². The van der Waals surface area contributed by atoms with Crippen LogP contribution in [0.5, 0.6) is 11.5 Å². The lowest BCUT2D eigenvalue weighted by Crippen LogP contribution is -2.51. The lowest BCUT2D eigenvalue weighted by molar-refractivity contribution is -0.131. The number of nitrogens with zero attached hydrogens (tertiary/aromatic N) is 3. The Morgan fingerprint density at radius 3 is 2.50 bits per heavy atom. The quantitative estimate of drug-likeness (QED) is 0.538. The molecule has 6 rings (SSSR count). The van der Waals surface area contributed by atoms with Gasteiger partial charge in [-0.15, -0.1) is 0 Å². The van der Waals surface area contributed by atoms with Gasteiger partial charge < -0.3 is 14.4 Å². The molecule has 1 saturated heterocycles. The minimum absolute atomic E-state index is 0.0736. The summed E-state index contributed by atoms with van der Waals surface area (Å²) in [5.41, 5.74) is 2.31. The second kappa shape index (κ2) is 8.79. The second-order valence-electron chi connectivity index (χ2n) is 9.01. The Kier molecular flexibility index (Phi) is 5.57. The van der Waals surface area contributed by atoms with Gasteiger partial charge in [-0.25, -0.2) is 12.8 Å². The molecule has 1 fully saturated rings. The fraction of sp³-hybridized carbons (Fsp3) is 0.269. The third-order valence-corrected chi connectivity index (χ3v) is 8.64. The molecule has 0 unspecified atom stereocenters. The number of rotatable bonds is 4. The van der Waals surface area contributed by atoms with Crippen LogP contribution in [0, 0.1) is 5.82 Å². The van der Waals surface area contributed by atoms with E-state index in [-0.39, 0.29) is 24.1 Å². The summed E-state index contributed by atoms with van der Waals surface area (Å²) in [5, 5.41) is 0. The van der Waals surface area contributed by atoms with Crippen LogP contribution in [-0.4, -0.2) is 63.6 Å². The van der Waals surface area contributed by atoms with Crippen molar-refractivity contribution in [3.8, 4) is 22.6 Å². The van der Waals surface area contributed by atoms with E-state index in [1.54, 1.807) is 23.1 Å². The number of sulfonamides is 1. The standard InChI is InChI=1S/C26H24FN3O5S/c27-19-6-7-22-21(14-19)20-3-1-2-4-25(20)36(32,33)30(22)16-26(31)29-11-9-28(10-12-29)15-18-5-8-23-24(13-18)35-17-34-23/h1-8,13-14H,9-12,15-17H2. The van der Waals surface area contributed by atoms with E-state index in [0.717, 1.165) is 27.9 Å². The normalized spacial score (nSPS) is 18.0. The molecule has 10 heteroatoms. The molecule has 0 aromatic heterocycles. The number of halogens is 1. The van der Waals surface area contributed by atoms with Gasteiger partial charge in [-0.05, 0) is 42.0 Å². The van der Waals surface area contributed by atoms with Crippen molar-refractivity contribution >= 4 is 21.6 Å². The molecule has 186 valence electrons. The molecule has 0 aliphatic carbocycles. The first-order valence-corrected chi connectivity index (χ1v) is 13.1. The topological polar surface area (TPSA) is 79.4 Å². The summed E-state index contributed by atoms with van der Waals surface area (Å²) < 4.78 is 52.9. The van der Waals surface area contributed by atoms with Crippen LogP contribution < -0.4 is 13.8 Å². The van der Waals surface area contributed by atoms with Gasteiger partial charge in [0.25, 0.3) is 10.0 Å². The number of ether oxygens (including phenoxy) is 2. The van der Waals surface area contributed by atoms with Crippen molar-refractivity contribution in [1.82, 2.24) is 9.80 Å². The Labute approximate surface area is 208 Å². The minimum Gasteiger partial charge on any atom is -0.454 e. The van der Waals surface area contributed by atoms with E-state index in [4.69, 9.17) is 9.47 Å². The fourth-order valence-electron chi connectivity index (χ4n) is 4.95. The molecular formula is C26H24FN3O5S. The molecule has 1 amide bonds. The highest BCUT2D eigenvalue weighted by atomic mass is 32.2. The third-order valence-electron chi connectivity index (χ3n) is 6.82. The molecule has 0 atom stereocenters. The van der Waals surface area contributed by atoms with Gasteiger partial charge in [0.1, 0.15) is 12.4 Å². The molecule has 3 heterocycles. The van der Waals surface area contributed by atoms with Crippen molar-refractivity contribution in [3.05, 3.63) is 72.0 Å². The molecule has 0 bridgehead atoms. The number of anilines is 1. The molecule has 36 heavy (non-hydrogen) atoms. The number of piperazine rings is 1. The number of hydrogen-bond acceptors (Lipinski definition) is 6. The number of carbonyl (C=O) groups is 1. The van der Waals surface area contributed by atoms with Crippen LogP contribution in [0.25, 0.3) is 11.1 Å².